The minimum absolute atomic E-state index is 1.13. The lowest BCUT2D eigenvalue weighted by atomic mass is 9.65. The summed E-state index contributed by atoms with van der Waals surface area (Å²) < 4.78 is 0. The molecule has 0 fully saturated rings. The molecule has 0 N–H and O–H groups in total. The molecule has 0 unspecified atom stereocenters. The first-order valence-electron chi connectivity index (χ1n) is 4.79. The van der Waals surface area contributed by atoms with E-state index in [2.05, 4.69) is 45.4 Å². The standard InChI is InChI=1S/C11H16B/c1-3-7-10-8-5-6-9-11(10)12-4-2/h5-6,8-9H,3-4,7H2,1-2H3. The van der Waals surface area contributed by atoms with E-state index in [0.717, 1.165) is 6.32 Å². The maximum absolute atomic E-state index is 2.30. The van der Waals surface area contributed by atoms with Crippen molar-refractivity contribution in [3.63, 3.8) is 0 Å². The molecule has 0 saturated heterocycles. The fourth-order valence-corrected chi connectivity index (χ4v) is 1.45. The van der Waals surface area contributed by atoms with Crippen LogP contribution in [0, 0.1) is 0 Å². The Hall–Kier alpha value is -0.715. The van der Waals surface area contributed by atoms with Crippen LogP contribution in [0.4, 0.5) is 0 Å². The van der Waals surface area contributed by atoms with Gasteiger partial charge in [-0.25, -0.2) is 0 Å². The van der Waals surface area contributed by atoms with Gasteiger partial charge in [0.05, 0.1) is 0 Å². The highest BCUT2D eigenvalue weighted by molar-refractivity contribution is 6.53. The first-order valence-corrected chi connectivity index (χ1v) is 4.79. The topological polar surface area (TPSA) is 0 Å². The lowest BCUT2D eigenvalue weighted by molar-refractivity contribution is 0.927. The second-order valence-electron chi connectivity index (χ2n) is 3.06. The molecule has 0 saturated carbocycles. The van der Waals surface area contributed by atoms with Crippen molar-refractivity contribution >= 4 is 12.7 Å². The summed E-state index contributed by atoms with van der Waals surface area (Å²) in [5.41, 5.74) is 2.91. The normalized spacial score (nSPS) is 9.83. The van der Waals surface area contributed by atoms with Crippen molar-refractivity contribution in [2.45, 2.75) is 33.0 Å². The molecule has 0 atom stereocenters. The average Bonchev–Trinajstić information content (AvgIpc) is 2.09. The van der Waals surface area contributed by atoms with Gasteiger partial charge in [0.25, 0.3) is 0 Å². The zero-order valence-electron chi connectivity index (χ0n) is 8.01. The highest BCUT2D eigenvalue weighted by Gasteiger charge is 1.99. The third-order valence-corrected chi connectivity index (χ3v) is 2.00. The van der Waals surface area contributed by atoms with E-state index in [9.17, 15) is 0 Å². The van der Waals surface area contributed by atoms with Crippen LogP contribution in [0.5, 0.6) is 0 Å². The largest absolute Gasteiger partial charge is 0.151 e. The van der Waals surface area contributed by atoms with Crippen molar-refractivity contribution in [1.82, 2.24) is 0 Å². The molecule has 1 aromatic rings. The second kappa shape index (κ2) is 5.02. The van der Waals surface area contributed by atoms with Gasteiger partial charge in [0.1, 0.15) is 0 Å². The van der Waals surface area contributed by atoms with Crippen LogP contribution in [-0.2, 0) is 6.42 Å². The molecule has 63 valence electrons. The summed E-state index contributed by atoms with van der Waals surface area (Å²) in [6, 6.07) is 8.66. The SMILES string of the molecule is CC[B]c1ccccc1CCC. The summed E-state index contributed by atoms with van der Waals surface area (Å²) in [5.74, 6) is 0. The third-order valence-electron chi connectivity index (χ3n) is 2.00. The molecule has 0 aliphatic heterocycles. The Morgan fingerprint density at radius 1 is 1.17 bits per heavy atom. The van der Waals surface area contributed by atoms with Crippen molar-refractivity contribution in [3.05, 3.63) is 29.8 Å². The molecule has 1 aromatic carbocycles. The lowest BCUT2D eigenvalue weighted by Gasteiger charge is -2.05. The van der Waals surface area contributed by atoms with Crippen LogP contribution in [0.15, 0.2) is 24.3 Å². The fraction of sp³-hybridized carbons (Fsp3) is 0.455. The van der Waals surface area contributed by atoms with Crippen LogP contribution in [0.25, 0.3) is 0 Å². The number of benzene rings is 1. The molecule has 1 rings (SSSR count). The van der Waals surface area contributed by atoms with E-state index in [0.29, 0.717) is 0 Å². The molecule has 1 heteroatoms. The van der Waals surface area contributed by atoms with Crippen molar-refractivity contribution < 1.29 is 0 Å². The third kappa shape index (κ3) is 2.40. The van der Waals surface area contributed by atoms with Crippen LogP contribution in [0.2, 0.25) is 6.32 Å². The van der Waals surface area contributed by atoms with Gasteiger partial charge in [-0.2, -0.15) is 0 Å². The first kappa shape index (κ1) is 9.37. The van der Waals surface area contributed by atoms with Crippen LogP contribution >= 0.6 is 0 Å². The molecule has 0 spiro atoms. The van der Waals surface area contributed by atoms with Gasteiger partial charge in [-0.3, -0.25) is 0 Å². The van der Waals surface area contributed by atoms with Gasteiger partial charge in [0.2, 0.25) is 0 Å². The van der Waals surface area contributed by atoms with Gasteiger partial charge in [-0.1, -0.05) is 61.9 Å². The van der Waals surface area contributed by atoms with Crippen molar-refractivity contribution in [2.24, 2.45) is 0 Å². The molecular weight excluding hydrogens is 143 g/mol. The molecule has 0 bridgehead atoms. The van der Waals surface area contributed by atoms with Crippen LogP contribution in [0.3, 0.4) is 0 Å². The van der Waals surface area contributed by atoms with E-state index in [1.807, 2.05) is 0 Å². The maximum atomic E-state index is 2.30. The number of hydrogen-bond acceptors (Lipinski definition) is 0. The Labute approximate surface area is 76.2 Å². The van der Waals surface area contributed by atoms with E-state index in [4.69, 9.17) is 0 Å². The highest BCUT2D eigenvalue weighted by atomic mass is 14.0. The molecule has 0 aliphatic rings. The van der Waals surface area contributed by atoms with Gasteiger partial charge in [0.15, 0.2) is 7.28 Å². The fourth-order valence-electron chi connectivity index (χ4n) is 1.45. The van der Waals surface area contributed by atoms with Gasteiger partial charge in [0, 0.05) is 0 Å². The average molecular weight is 159 g/mol. The summed E-state index contributed by atoms with van der Waals surface area (Å²) in [6.07, 6.45) is 3.56. The summed E-state index contributed by atoms with van der Waals surface area (Å²) >= 11 is 0. The number of rotatable bonds is 4. The molecule has 12 heavy (non-hydrogen) atoms. The van der Waals surface area contributed by atoms with Gasteiger partial charge in [-0.15, -0.1) is 0 Å². The predicted octanol–water partition coefficient (Wildman–Crippen LogP) is 2.41. The minimum atomic E-state index is 1.13. The zero-order valence-corrected chi connectivity index (χ0v) is 8.01. The van der Waals surface area contributed by atoms with Crippen LogP contribution in [-0.4, -0.2) is 7.28 Å². The Kier molecular flexibility index (Phi) is 3.92. The van der Waals surface area contributed by atoms with E-state index in [-0.39, 0.29) is 0 Å². The van der Waals surface area contributed by atoms with Gasteiger partial charge >= 0.3 is 0 Å². The molecule has 1 radical (unpaired) electrons. The van der Waals surface area contributed by atoms with E-state index in [1.54, 1.807) is 0 Å². The monoisotopic (exact) mass is 159 g/mol. The van der Waals surface area contributed by atoms with Crippen molar-refractivity contribution in [1.29, 1.82) is 0 Å². The Morgan fingerprint density at radius 3 is 2.58 bits per heavy atom. The quantitative estimate of drug-likeness (QED) is 0.591. The Morgan fingerprint density at radius 2 is 1.92 bits per heavy atom. The van der Waals surface area contributed by atoms with Crippen LogP contribution < -0.4 is 5.46 Å². The summed E-state index contributed by atoms with van der Waals surface area (Å²) in [4.78, 5) is 0. The summed E-state index contributed by atoms with van der Waals surface area (Å²) in [7, 11) is 2.30. The molecule has 0 aliphatic carbocycles. The van der Waals surface area contributed by atoms with E-state index >= 15 is 0 Å². The highest BCUT2D eigenvalue weighted by Crippen LogP contribution is 1.99. The minimum Gasteiger partial charge on any atom is -0.0847 e. The van der Waals surface area contributed by atoms with Crippen LogP contribution in [0.1, 0.15) is 25.8 Å². The second-order valence-corrected chi connectivity index (χ2v) is 3.06. The molecule has 0 aromatic heterocycles. The predicted molar refractivity (Wildman–Crippen MR) is 56.3 cm³/mol. The number of aryl methyl sites for hydroxylation is 1. The first-order chi connectivity index (χ1) is 5.88. The lowest BCUT2D eigenvalue weighted by Crippen LogP contribution is -2.17. The summed E-state index contributed by atoms with van der Waals surface area (Å²) in [5, 5.41) is 0. The van der Waals surface area contributed by atoms with Gasteiger partial charge < -0.3 is 0 Å². The zero-order chi connectivity index (χ0) is 8.81. The Bertz CT molecular complexity index is 205. The van der Waals surface area contributed by atoms with Crippen molar-refractivity contribution in [3.8, 4) is 0 Å². The molecular formula is C11H16B. The maximum Gasteiger partial charge on any atom is 0.151 e. The molecule has 0 heterocycles. The molecule has 0 amide bonds. The number of hydrogen-bond donors (Lipinski definition) is 0. The van der Waals surface area contributed by atoms with Gasteiger partial charge in [-0.05, 0) is 6.42 Å². The van der Waals surface area contributed by atoms with E-state index < -0.39 is 0 Å². The molecule has 0 nitrogen and oxygen atoms in total. The Balaban J connectivity index is 2.77. The van der Waals surface area contributed by atoms with Crippen molar-refractivity contribution in [2.75, 3.05) is 0 Å². The smallest absolute Gasteiger partial charge is 0.0847 e. The van der Waals surface area contributed by atoms with E-state index in [1.165, 1.54) is 23.9 Å². The summed E-state index contributed by atoms with van der Waals surface area (Å²) in [6.45, 7) is 4.41.